The Balaban J connectivity index is 1.08. The number of nitrogens with zero attached hydrogens (tertiary/aromatic N) is 3. The first kappa shape index (κ1) is 50.1. The van der Waals surface area contributed by atoms with E-state index in [4.69, 9.17) is 0 Å². The zero-order chi connectivity index (χ0) is 55.2. The lowest BCUT2D eigenvalue weighted by atomic mass is 9.36. The van der Waals surface area contributed by atoms with Crippen LogP contribution in [-0.4, -0.2) is 6.71 Å². The highest BCUT2D eigenvalue weighted by Gasteiger charge is 2.47. The second kappa shape index (κ2) is 17.9. The van der Waals surface area contributed by atoms with Crippen LogP contribution in [0.25, 0.3) is 43.1 Å². The summed E-state index contributed by atoms with van der Waals surface area (Å²) >= 11 is 1.99. The Bertz CT molecular complexity index is 4270. The molecule has 0 N–H and O–H groups in total. The molecule has 3 nitrogen and oxygen atoms in total. The van der Waals surface area contributed by atoms with Gasteiger partial charge in [0.15, 0.2) is 0 Å². The fourth-order valence-electron chi connectivity index (χ4n) is 13.4. The zero-order valence-electron chi connectivity index (χ0n) is 48.0. The summed E-state index contributed by atoms with van der Waals surface area (Å²) < 4.78 is 2.70. The molecule has 14 rings (SSSR count). The molecule has 0 amide bonds. The molecular formula is C75H68BN3S. The average molecular weight is 1050 g/mol. The van der Waals surface area contributed by atoms with Crippen LogP contribution in [0.3, 0.4) is 0 Å². The molecule has 11 aromatic rings. The van der Waals surface area contributed by atoms with Gasteiger partial charge in [0.1, 0.15) is 0 Å². The van der Waals surface area contributed by atoms with E-state index in [0.29, 0.717) is 0 Å². The second-order valence-electron chi connectivity index (χ2n) is 26.2. The normalized spacial score (nSPS) is 14.2. The fourth-order valence-corrected chi connectivity index (χ4v) is 14.7. The SMILES string of the molecule is CC(C)(C)c1ccc(N(c2ccc3c(c2)N(c2ccc(C(C)(C)C)cc2-c2ccccc2)c2cccc4c2B3c2sc3cc5c(cc3c2N4c2ccc(C(C)(C)C)cc2)-c2ccccc2C5(C)C)c2cccc3ccccc23)cc1. The topological polar surface area (TPSA) is 9.72 Å². The van der Waals surface area contributed by atoms with Gasteiger partial charge in [-0.1, -0.05) is 210 Å². The van der Waals surface area contributed by atoms with Crippen LogP contribution in [0.2, 0.25) is 0 Å². The van der Waals surface area contributed by atoms with E-state index in [1.807, 2.05) is 11.3 Å². The summed E-state index contributed by atoms with van der Waals surface area (Å²) in [6.07, 6.45) is 0. The van der Waals surface area contributed by atoms with E-state index < -0.39 is 0 Å². The maximum atomic E-state index is 2.63. The van der Waals surface area contributed by atoms with E-state index in [2.05, 4.69) is 303 Å². The third-order valence-corrected chi connectivity index (χ3v) is 18.9. The third kappa shape index (κ3) is 7.82. The van der Waals surface area contributed by atoms with Gasteiger partial charge in [-0.2, -0.15) is 0 Å². The smallest absolute Gasteiger partial charge is 0.264 e. The van der Waals surface area contributed by atoms with E-state index in [1.54, 1.807) is 0 Å². The largest absolute Gasteiger partial charge is 0.311 e. The highest BCUT2D eigenvalue weighted by molar-refractivity contribution is 7.33. The summed E-state index contributed by atoms with van der Waals surface area (Å²) in [6.45, 7) is 25.6. The first-order valence-corrected chi connectivity index (χ1v) is 29.4. The molecule has 0 spiro atoms. The molecule has 1 aliphatic carbocycles. The Morgan fingerprint density at radius 2 is 1.05 bits per heavy atom. The monoisotopic (exact) mass is 1050 g/mol. The molecule has 0 saturated carbocycles. The lowest BCUT2D eigenvalue weighted by Crippen LogP contribution is -2.60. The minimum Gasteiger partial charge on any atom is -0.311 e. The molecule has 0 unspecified atom stereocenters. The summed E-state index contributed by atoms with van der Waals surface area (Å²) in [5, 5.41) is 3.72. The minimum atomic E-state index is -0.125. The van der Waals surface area contributed by atoms with Gasteiger partial charge < -0.3 is 14.7 Å². The summed E-state index contributed by atoms with van der Waals surface area (Å²) in [5.41, 5.74) is 24.8. The van der Waals surface area contributed by atoms with Gasteiger partial charge in [0.2, 0.25) is 0 Å². The average Bonchev–Trinajstić information content (AvgIpc) is 4.12. The maximum Gasteiger partial charge on any atom is 0.264 e. The van der Waals surface area contributed by atoms with Crippen molar-refractivity contribution in [3.05, 3.63) is 240 Å². The Labute approximate surface area is 477 Å². The zero-order valence-corrected chi connectivity index (χ0v) is 48.9. The summed E-state index contributed by atoms with van der Waals surface area (Å²) in [4.78, 5) is 7.74. The van der Waals surface area contributed by atoms with Gasteiger partial charge in [0.05, 0.1) is 17.1 Å². The molecule has 0 atom stereocenters. The van der Waals surface area contributed by atoms with Crippen LogP contribution in [0.5, 0.6) is 0 Å². The van der Waals surface area contributed by atoms with Crippen LogP contribution in [0.4, 0.5) is 51.2 Å². The van der Waals surface area contributed by atoms with Crippen molar-refractivity contribution in [1.82, 2.24) is 0 Å². The number of hydrogen-bond donors (Lipinski definition) is 0. The van der Waals surface area contributed by atoms with Gasteiger partial charge in [0.25, 0.3) is 6.71 Å². The second-order valence-corrected chi connectivity index (χ2v) is 27.3. The van der Waals surface area contributed by atoms with Crippen molar-refractivity contribution >= 4 is 106 Å². The molecule has 80 heavy (non-hydrogen) atoms. The summed E-state index contributed by atoms with van der Waals surface area (Å²) in [5.74, 6) is 0. The van der Waals surface area contributed by atoms with E-state index in [-0.39, 0.29) is 28.4 Å². The summed E-state index contributed by atoms with van der Waals surface area (Å²) in [7, 11) is 0. The van der Waals surface area contributed by atoms with Crippen molar-refractivity contribution in [2.45, 2.75) is 97.8 Å². The van der Waals surface area contributed by atoms with Crippen molar-refractivity contribution < 1.29 is 0 Å². The first-order valence-electron chi connectivity index (χ1n) is 28.6. The molecule has 0 saturated heterocycles. The predicted molar refractivity (Wildman–Crippen MR) is 347 cm³/mol. The fraction of sp³-hybridized carbons (Fsp3) is 0.200. The highest BCUT2D eigenvalue weighted by atomic mass is 32.1. The highest BCUT2D eigenvalue weighted by Crippen LogP contribution is 2.55. The molecule has 0 bridgehead atoms. The van der Waals surface area contributed by atoms with Crippen LogP contribution in [0.15, 0.2) is 212 Å². The molecule has 3 aliphatic rings. The lowest BCUT2D eigenvalue weighted by Gasteiger charge is -2.44. The van der Waals surface area contributed by atoms with E-state index in [1.165, 1.54) is 115 Å². The number of thiophene rings is 1. The quantitative estimate of drug-likeness (QED) is 0.154. The van der Waals surface area contributed by atoms with Crippen molar-refractivity contribution in [2.75, 3.05) is 14.7 Å². The first-order chi connectivity index (χ1) is 38.3. The Morgan fingerprint density at radius 3 is 1.77 bits per heavy atom. The molecule has 5 heteroatoms. The van der Waals surface area contributed by atoms with Crippen molar-refractivity contribution in [2.24, 2.45) is 0 Å². The Morgan fingerprint density at radius 1 is 0.438 bits per heavy atom. The standard InChI is InChI=1S/C75H68BN3S/c1-72(2,3)49-31-36-52(37-32-49)77(63-28-19-24-47-23-15-16-25-55(47)63)54-40-41-62-67(44-54)79(64-42-35-51(74(7,8)9)43-57(64)48-21-13-12-14-22-48)66-30-20-29-65-69(66)76(62)71-70(78(65)53-38-33-50(34-39-53)73(4,5)6)59-45-58-56-26-17-18-27-60(56)75(10,11)61(58)46-68(59)80-71/h12-46H,1-11H3. The van der Waals surface area contributed by atoms with E-state index in [0.717, 1.165) is 22.7 Å². The van der Waals surface area contributed by atoms with Crippen molar-refractivity contribution in [3.63, 3.8) is 0 Å². The molecule has 0 radical (unpaired) electrons. The van der Waals surface area contributed by atoms with Gasteiger partial charge in [0, 0.05) is 65.4 Å². The van der Waals surface area contributed by atoms with Crippen LogP contribution < -0.4 is 30.4 Å². The van der Waals surface area contributed by atoms with Gasteiger partial charge in [-0.3, -0.25) is 0 Å². The minimum absolute atomic E-state index is 0.0120. The van der Waals surface area contributed by atoms with Crippen LogP contribution >= 0.6 is 11.3 Å². The molecule has 10 aromatic carbocycles. The van der Waals surface area contributed by atoms with E-state index >= 15 is 0 Å². The molecule has 0 fully saturated rings. The predicted octanol–water partition coefficient (Wildman–Crippen LogP) is 19.5. The van der Waals surface area contributed by atoms with Gasteiger partial charge >= 0.3 is 0 Å². The Kier molecular flexibility index (Phi) is 11.2. The maximum absolute atomic E-state index is 2.63. The van der Waals surface area contributed by atoms with Crippen molar-refractivity contribution in [1.29, 1.82) is 0 Å². The lowest BCUT2D eigenvalue weighted by molar-refractivity contribution is 0.590. The van der Waals surface area contributed by atoms with Gasteiger partial charge in [-0.05, 0) is 156 Å². The summed E-state index contributed by atoms with van der Waals surface area (Å²) in [6, 6.07) is 81.3. The van der Waals surface area contributed by atoms with Gasteiger partial charge in [-0.15, -0.1) is 11.3 Å². The number of anilines is 9. The number of fused-ring (bicyclic) bond motifs is 10. The molecule has 2 aliphatic heterocycles. The van der Waals surface area contributed by atoms with Gasteiger partial charge in [-0.25, -0.2) is 0 Å². The third-order valence-electron chi connectivity index (χ3n) is 17.7. The van der Waals surface area contributed by atoms with E-state index in [9.17, 15) is 0 Å². The van der Waals surface area contributed by atoms with Crippen LogP contribution in [-0.2, 0) is 21.7 Å². The number of hydrogen-bond acceptors (Lipinski definition) is 4. The number of benzene rings is 10. The molecular weight excluding hydrogens is 986 g/mol. The molecule has 392 valence electrons. The van der Waals surface area contributed by atoms with Crippen LogP contribution in [0, 0.1) is 0 Å². The van der Waals surface area contributed by atoms with Crippen LogP contribution in [0.1, 0.15) is 104 Å². The number of rotatable bonds is 6. The molecule has 1 aromatic heterocycles. The molecule has 3 heterocycles. The Hall–Kier alpha value is -8.12. The van der Waals surface area contributed by atoms with Crippen molar-refractivity contribution in [3.8, 4) is 22.3 Å².